The topological polar surface area (TPSA) is 58.1 Å². The quantitative estimate of drug-likeness (QED) is 0.731. The van der Waals surface area contributed by atoms with Gasteiger partial charge in [-0.05, 0) is 43.4 Å². The van der Waals surface area contributed by atoms with Gasteiger partial charge in [0.25, 0.3) is 5.91 Å². The summed E-state index contributed by atoms with van der Waals surface area (Å²) in [4.78, 5) is 23.5. The predicted molar refractivity (Wildman–Crippen MR) is 107 cm³/mol. The molecule has 140 valence electrons. The van der Waals surface area contributed by atoms with Gasteiger partial charge in [0.15, 0.2) is 0 Å². The van der Waals surface area contributed by atoms with Crippen molar-refractivity contribution in [2.24, 2.45) is 0 Å². The number of carbonyl (C=O) groups excluding carboxylic acids is 1. The van der Waals surface area contributed by atoms with Gasteiger partial charge >= 0.3 is 0 Å². The van der Waals surface area contributed by atoms with Crippen LogP contribution in [-0.2, 0) is 0 Å². The normalized spacial score (nSPS) is 10.8. The highest BCUT2D eigenvalue weighted by molar-refractivity contribution is 5.93. The Labute approximate surface area is 156 Å². The Balaban J connectivity index is 2.21. The van der Waals surface area contributed by atoms with Crippen LogP contribution in [0.4, 0.5) is 11.5 Å². The zero-order valence-corrected chi connectivity index (χ0v) is 16.5. The number of hydrogen-bond acceptors (Lipinski definition) is 4. The van der Waals surface area contributed by atoms with Crippen LogP contribution in [0.15, 0.2) is 30.3 Å². The summed E-state index contributed by atoms with van der Waals surface area (Å²) in [5.41, 5.74) is 2.69. The van der Waals surface area contributed by atoms with E-state index in [0.717, 1.165) is 31.6 Å². The lowest BCUT2D eigenvalue weighted by atomic mass is 10.0. The first-order valence-corrected chi connectivity index (χ1v) is 9.46. The molecule has 0 aliphatic rings. The van der Waals surface area contributed by atoms with Gasteiger partial charge in [0.2, 0.25) is 0 Å². The van der Waals surface area contributed by atoms with E-state index in [9.17, 15) is 4.79 Å². The molecule has 1 aromatic heterocycles. The van der Waals surface area contributed by atoms with Crippen LogP contribution >= 0.6 is 0 Å². The third-order valence-electron chi connectivity index (χ3n) is 4.18. The number of carbonyl (C=O) groups is 1. The molecule has 1 amide bonds. The maximum atomic E-state index is 12.8. The predicted octanol–water partition coefficient (Wildman–Crippen LogP) is 4.91. The van der Waals surface area contributed by atoms with Gasteiger partial charge in [0.05, 0.1) is 0 Å². The number of aromatic nitrogens is 2. The summed E-state index contributed by atoms with van der Waals surface area (Å²) < 4.78 is 0. The molecule has 0 fully saturated rings. The number of nitrogens with zero attached hydrogens (tertiary/aromatic N) is 3. The van der Waals surface area contributed by atoms with E-state index in [2.05, 4.69) is 55.1 Å². The van der Waals surface area contributed by atoms with Crippen LogP contribution in [0.5, 0.6) is 0 Å². The zero-order chi connectivity index (χ0) is 19.1. The Hall–Kier alpha value is -2.43. The van der Waals surface area contributed by atoms with Crippen LogP contribution in [0, 0.1) is 6.92 Å². The fourth-order valence-electron chi connectivity index (χ4n) is 2.86. The Kier molecular flexibility index (Phi) is 7.13. The van der Waals surface area contributed by atoms with E-state index in [-0.39, 0.29) is 5.91 Å². The number of anilines is 2. The van der Waals surface area contributed by atoms with E-state index in [1.807, 2.05) is 24.0 Å². The molecular formula is C21H30N4O. The first-order chi connectivity index (χ1) is 12.4. The van der Waals surface area contributed by atoms with Gasteiger partial charge in [-0.3, -0.25) is 4.79 Å². The van der Waals surface area contributed by atoms with E-state index in [0.29, 0.717) is 23.3 Å². The largest absolute Gasteiger partial charge is 0.340 e. The summed E-state index contributed by atoms with van der Waals surface area (Å²) in [6.07, 6.45) is 1.87. The van der Waals surface area contributed by atoms with Gasteiger partial charge in [-0.25, -0.2) is 9.97 Å². The zero-order valence-electron chi connectivity index (χ0n) is 16.5. The SMILES string of the molecule is CCCN(CCC)C(=O)c1cc(Nc2ccc(C(C)C)cc2)nc(C)n1. The number of hydrogen-bond donors (Lipinski definition) is 1. The Morgan fingerprint density at radius 3 is 2.23 bits per heavy atom. The Morgan fingerprint density at radius 1 is 1.08 bits per heavy atom. The highest BCUT2D eigenvalue weighted by Crippen LogP contribution is 2.20. The van der Waals surface area contributed by atoms with Gasteiger partial charge in [0.1, 0.15) is 17.3 Å². The second kappa shape index (κ2) is 9.32. The summed E-state index contributed by atoms with van der Waals surface area (Å²) in [7, 11) is 0. The van der Waals surface area contributed by atoms with Crippen LogP contribution in [0.1, 0.15) is 68.3 Å². The van der Waals surface area contributed by atoms with Crippen molar-refractivity contribution in [3.05, 3.63) is 47.4 Å². The molecule has 26 heavy (non-hydrogen) atoms. The molecule has 0 radical (unpaired) electrons. The van der Waals surface area contributed by atoms with E-state index >= 15 is 0 Å². The average Bonchev–Trinajstić information content (AvgIpc) is 2.61. The standard InChI is InChI=1S/C21H30N4O/c1-6-12-25(13-7-2)21(26)19-14-20(23-16(5)22-19)24-18-10-8-17(9-11-18)15(3)4/h8-11,14-15H,6-7,12-13H2,1-5H3,(H,22,23,24). The van der Waals surface area contributed by atoms with Gasteiger partial charge < -0.3 is 10.2 Å². The molecule has 5 nitrogen and oxygen atoms in total. The lowest BCUT2D eigenvalue weighted by Crippen LogP contribution is -2.33. The third-order valence-corrected chi connectivity index (χ3v) is 4.18. The van der Waals surface area contributed by atoms with Crippen molar-refractivity contribution in [1.82, 2.24) is 14.9 Å². The van der Waals surface area contributed by atoms with Crippen LogP contribution in [-0.4, -0.2) is 33.9 Å². The van der Waals surface area contributed by atoms with Crippen molar-refractivity contribution in [1.29, 1.82) is 0 Å². The number of aryl methyl sites for hydroxylation is 1. The minimum atomic E-state index is -0.0302. The van der Waals surface area contributed by atoms with Gasteiger partial charge in [0, 0.05) is 24.8 Å². The molecule has 0 saturated heterocycles. The fourth-order valence-corrected chi connectivity index (χ4v) is 2.86. The Bertz CT molecular complexity index is 719. The van der Waals surface area contributed by atoms with E-state index in [1.54, 1.807) is 6.07 Å². The smallest absolute Gasteiger partial charge is 0.272 e. The van der Waals surface area contributed by atoms with Crippen LogP contribution in [0.25, 0.3) is 0 Å². The second-order valence-electron chi connectivity index (χ2n) is 6.88. The van der Waals surface area contributed by atoms with Crippen molar-refractivity contribution in [3.8, 4) is 0 Å². The molecule has 0 aliphatic carbocycles. The number of benzene rings is 1. The number of rotatable bonds is 8. The molecule has 0 atom stereocenters. The van der Waals surface area contributed by atoms with E-state index in [1.165, 1.54) is 5.56 Å². The molecule has 0 aliphatic heterocycles. The summed E-state index contributed by atoms with van der Waals surface area (Å²) in [6, 6.07) is 10.0. The van der Waals surface area contributed by atoms with Crippen molar-refractivity contribution in [2.45, 2.75) is 53.4 Å². The average molecular weight is 354 g/mol. The maximum Gasteiger partial charge on any atom is 0.272 e. The molecular weight excluding hydrogens is 324 g/mol. The summed E-state index contributed by atoms with van der Waals surface area (Å²) in [6.45, 7) is 11.8. The second-order valence-corrected chi connectivity index (χ2v) is 6.88. The first-order valence-electron chi connectivity index (χ1n) is 9.46. The van der Waals surface area contributed by atoms with Gasteiger partial charge in [-0.15, -0.1) is 0 Å². The molecule has 1 N–H and O–H groups in total. The molecule has 2 aromatic rings. The minimum absolute atomic E-state index is 0.0302. The first kappa shape index (κ1) is 19.9. The molecule has 0 unspecified atom stereocenters. The lowest BCUT2D eigenvalue weighted by Gasteiger charge is -2.21. The van der Waals surface area contributed by atoms with Gasteiger partial charge in [-0.1, -0.05) is 39.8 Å². The van der Waals surface area contributed by atoms with E-state index in [4.69, 9.17) is 0 Å². The third kappa shape index (κ3) is 5.28. The summed E-state index contributed by atoms with van der Waals surface area (Å²) in [5, 5.41) is 3.29. The van der Waals surface area contributed by atoms with Crippen molar-refractivity contribution in [3.63, 3.8) is 0 Å². The number of amides is 1. The molecule has 1 heterocycles. The monoisotopic (exact) mass is 354 g/mol. The highest BCUT2D eigenvalue weighted by Gasteiger charge is 2.17. The fraction of sp³-hybridized carbons (Fsp3) is 0.476. The molecule has 1 aromatic carbocycles. The highest BCUT2D eigenvalue weighted by atomic mass is 16.2. The summed E-state index contributed by atoms with van der Waals surface area (Å²) >= 11 is 0. The van der Waals surface area contributed by atoms with Crippen LogP contribution in [0.3, 0.4) is 0 Å². The maximum absolute atomic E-state index is 12.8. The van der Waals surface area contributed by atoms with Crippen LogP contribution in [0.2, 0.25) is 0 Å². The lowest BCUT2D eigenvalue weighted by molar-refractivity contribution is 0.0749. The molecule has 0 saturated carbocycles. The van der Waals surface area contributed by atoms with Crippen LogP contribution < -0.4 is 5.32 Å². The Morgan fingerprint density at radius 2 is 1.69 bits per heavy atom. The molecule has 0 bridgehead atoms. The minimum Gasteiger partial charge on any atom is -0.340 e. The van der Waals surface area contributed by atoms with Crippen molar-refractivity contribution < 1.29 is 4.79 Å². The van der Waals surface area contributed by atoms with Crippen molar-refractivity contribution >= 4 is 17.4 Å². The number of nitrogens with one attached hydrogen (secondary N) is 1. The molecule has 5 heteroatoms. The van der Waals surface area contributed by atoms with Gasteiger partial charge in [-0.2, -0.15) is 0 Å². The van der Waals surface area contributed by atoms with Crippen molar-refractivity contribution in [2.75, 3.05) is 18.4 Å². The summed E-state index contributed by atoms with van der Waals surface area (Å²) in [5.74, 6) is 1.70. The molecule has 2 rings (SSSR count). The molecule has 0 spiro atoms. The van der Waals surface area contributed by atoms with E-state index < -0.39 is 0 Å².